The maximum Gasteiger partial charge on any atom is 0.226 e. The van der Waals surface area contributed by atoms with Crippen LogP contribution in [0.4, 0.5) is 0 Å². The molecule has 1 N–H and O–H groups in total. The second kappa shape index (κ2) is 10.0. The Morgan fingerprint density at radius 1 is 1.16 bits per heavy atom. The van der Waals surface area contributed by atoms with Gasteiger partial charge in [-0.3, -0.25) is 4.79 Å². The van der Waals surface area contributed by atoms with Gasteiger partial charge >= 0.3 is 0 Å². The molecule has 0 spiro atoms. The molecule has 1 fully saturated rings. The van der Waals surface area contributed by atoms with Crippen molar-refractivity contribution in [3.05, 3.63) is 70.9 Å². The second-order valence-electron chi connectivity index (χ2n) is 8.48. The van der Waals surface area contributed by atoms with E-state index in [4.69, 9.17) is 14.6 Å². The molecule has 3 aromatic rings. The number of ether oxygens (including phenoxy) is 2. The van der Waals surface area contributed by atoms with Crippen molar-refractivity contribution in [2.45, 2.75) is 52.6 Å². The van der Waals surface area contributed by atoms with Crippen LogP contribution in [0.3, 0.4) is 0 Å². The number of hydrogen-bond donors (Lipinski definition) is 1. The van der Waals surface area contributed by atoms with E-state index in [2.05, 4.69) is 24.4 Å². The first-order chi connectivity index (χ1) is 15.5. The summed E-state index contributed by atoms with van der Waals surface area (Å²) in [5.41, 5.74) is 5.01. The average molecular weight is 434 g/mol. The third-order valence-corrected chi connectivity index (χ3v) is 5.74. The highest BCUT2D eigenvalue weighted by Crippen LogP contribution is 2.32. The van der Waals surface area contributed by atoms with Crippen molar-refractivity contribution >= 4 is 5.91 Å². The maximum atomic E-state index is 12.5. The average Bonchev–Trinajstić information content (AvgIpc) is 3.39. The fraction of sp³-hybridized carbons (Fsp3) is 0.385. The summed E-state index contributed by atoms with van der Waals surface area (Å²) in [6.07, 6.45) is 3.15. The minimum atomic E-state index is 0.0183. The largest absolute Gasteiger partial charge is 0.439 e. The van der Waals surface area contributed by atoms with E-state index in [1.807, 2.05) is 54.9 Å². The van der Waals surface area contributed by atoms with E-state index in [9.17, 15) is 4.79 Å². The van der Waals surface area contributed by atoms with Crippen LogP contribution in [0.5, 0.6) is 11.6 Å². The van der Waals surface area contributed by atoms with Gasteiger partial charge in [0.05, 0.1) is 17.5 Å². The smallest absolute Gasteiger partial charge is 0.226 e. The monoisotopic (exact) mass is 433 g/mol. The van der Waals surface area contributed by atoms with Crippen LogP contribution >= 0.6 is 0 Å². The summed E-state index contributed by atoms with van der Waals surface area (Å²) >= 11 is 0. The summed E-state index contributed by atoms with van der Waals surface area (Å²) in [5, 5.41) is 7.77. The molecule has 0 bridgehead atoms. The van der Waals surface area contributed by atoms with Gasteiger partial charge in [-0.2, -0.15) is 5.10 Å². The van der Waals surface area contributed by atoms with E-state index in [1.165, 1.54) is 0 Å². The Balaban J connectivity index is 1.56. The molecule has 32 heavy (non-hydrogen) atoms. The first kappa shape index (κ1) is 22.1. The van der Waals surface area contributed by atoms with Gasteiger partial charge in [-0.1, -0.05) is 24.3 Å². The van der Waals surface area contributed by atoms with Gasteiger partial charge in [-0.15, -0.1) is 0 Å². The molecule has 6 heteroatoms. The summed E-state index contributed by atoms with van der Waals surface area (Å²) < 4.78 is 13.8. The van der Waals surface area contributed by atoms with Gasteiger partial charge < -0.3 is 14.8 Å². The number of aromatic nitrogens is 2. The predicted molar refractivity (Wildman–Crippen MR) is 125 cm³/mol. The third kappa shape index (κ3) is 5.37. The number of nitrogens with zero attached hydrogens (tertiary/aromatic N) is 2. The minimum Gasteiger partial charge on any atom is -0.439 e. The number of aryl methyl sites for hydroxylation is 3. The molecule has 1 saturated heterocycles. The molecule has 2 aromatic carbocycles. The summed E-state index contributed by atoms with van der Waals surface area (Å²) in [7, 11) is 0. The van der Waals surface area contributed by atoms with Crippen LogP contribution in [0.2, 0.25) is 0 Å². The van der Waals surface area contributed by atoms with E-state index in [-0.39, 0.29) is 12.0 Å². The topological polar surface area (TPSA) is 65.4 Å². The molecule has 1 amide bonds. The highest BCUT2D eigenvalue weighted by Gasteiger charge is 2.21. The van der Waals surface area contributed by atoms with Crippen LogP contribution in [0.15, 0.2) is 48.5 Å². The number of benzene rings is 2. The van der Waals surface area contributed by atoms with Crippen molar-refractivity contribution < 1.29 is 14.3 Å². The van der Waals surface area contributed by atoms with Gasteiger partial charge in [-0.05, 0) is 75.4 Å². The van der Waals surface area contributed by atoms with Crippen molar-refractivity contribution in [2.75, 3.05) is 13.2 Å². The van der Waals surface area contributed by atoms with Crippen LogP contribution in [0, 0.1) is 20.8 Å². The fourth-order valence-electron chi connectivity index (χ4n) is 4.02. The zero-order valence-electron chi connectivity index (χ0n) is 19.1. The Morgan fingerprint density at radius 3 is 2.66 bits per heavy atom. The Morgan fingerprint density at radius 2 is 1.94 bits per heavy atom. The van der Waals surface area contributed by atoms with Gasteiger partial charge in [0, 0.05) is 25.1 Å². The molecule has 0 aliphatic carbocycles. The Bertz CT molecular complexity index is 1080. The van der Waals surface area contributed by atoms with Crippen molar-refractivity contribution in [2.24, 2.45) is 0 Å². The normalized spacial score (nSPS) is 15.7. The Labute approximate surface area is 189 Å². The van der Waals surface area contributed by atoms with Crippen LogP contribution in [0.1, 0.15) is 41.6 Å². The molecule has 6 nitrogen and oxygen atoms in total. The number of carbonyl (C=O) groups is 1. The number of carbonyl (C=O) groups excluding carboxylic acids is 1. The van der Waals surface area contributed by atoms with Gasteiger partial charge in [0.15, 0.2) is 0 Å². The fourth-order valence-corrected chi connectivity index (χ4v) is 4.02. The molecule has 1 atom stereocenters. The van der Waals surface area contributed by atoms with Crippen molar-refractivity contribution in [1.29, 1.82) is 0 Å². The maximum absolute atomic E-state index is 12.5. The minimum absolute atomic E-state index is 0.0183. The molecule has 1 aliphatic heterocycles. The van der Waals surface area contributed by atoms with Crippen LogP contribution < -0.4 is 10.1 Å². The Hall–Kier alpha value is -3.12. The zero-order valence-corrected chi connectivity index (χ0v) is 19.1. The SMILES string of the molecule is Cc1cccc(Oc2c(CCC(=O)NC[C@@H]3CCCO3)c(C)nn2-c2cccc(C)c2)c1. The lowest BCUT2D eigenvalue weighted by Gasteiger charge is -2.13. The molecule has 1 aromatic heterocycles. The molecule has 168 valence electrons. The Kier molecular flexibility index (Phi) is 6.90. The zero-order chi connectivity index (χ0) is 22.5. The van der Waals surface area contributed by atoms with Gasteiger partial charge in [0.1, 0.15) is 5.75 Å². The number of rotatable bonds is 8. The van der Waals surface area contributed by atoms with E-state index in [0.717, 1.165) is 53.3 Å². The summed E-state index contributed by atoms with van der Waals surface area (Å²) in [6.45, 7) is 7.43. The van der Waals surface area contributed by atoms with E-state index in [0.29, 0.717) is 25.3 Å². The van der Waals surface area contributed by atoms with Crippen LogP contribution in [0.25, 0.3) is 5.69 Å². The lowest BCUT2D eigenvalue weighted by Crippen LogP contribution is -2.31. The molecular formula is C26H31N3O3. The van der Waals surface area contributed by atoms with E-state index in [1.54, 1.807) is 0 Å². The van der Waals surface area contributed by atoms with Crippen LogP contribution in [-0.2, 0) is 16.0 Å². The van der Waals surface area contributed by atoms with Gasteiger partial charge in [-0.25, -0.2) is 4.68 Å². The van der Waals surface area contributed by atoms with E-state index < -0.39 is 0 Å². The first-order valence-corrected chi connectivity index (χ1v) is 11.3. The van der Waals surface area contributed by atoms with Crippen molar-refractivity contribution in [3.8, 4) is 17.3 Å². The number of amides is 1. The van der Waals surface area contributed by atoms with Crippen LogP contribution in [-0.4, -0.2) is 34.9 Å². The molecule has 0 unspecified atom stereocenters. The van der Waals surface area contributed by atoms with Gasteiger partial charge in [0.2, 0.25) is 11.8 Å². The predicted octanol–water partition coefficient (Wildman–Crippen LogP) is 4.82. The lowest BCUT2D eigenvalue weighted by molar-refractivity contribution is -0.121. The number of nitrogens with one attached hydrogen (secondary N) is 1. The first-order valence-electron chi connectivity index (χ1n) is 11.3. The quantitative estimate of drug-likeness (QED) is 0.553. The summed E-state index contributed by atoms with van der Waals surface area (Å²) in [4.78, 5) is 12.5. The standard InChI is InChI=1S/C26H31N3O3/c1-18-7-4-9-21(15-18)29-26(32-22-10-5-8-19(2)16-22)24(20(3)28-29)12-13-25(30)27-17-23-11-6-14-31-23/h4-5,7-10,15-16,23H,6,11-14,17H2,1-3H3,(H,27,30)/t23-/m0/s1. The molecule has 4 rings (SSSR count). The highest BCUT2D eigenvalue weighted by atomic mass is 16.5. The molecular weight excluding hydrogens is 402 g/mol. The van der Waals surface area contributed by atoms with Gasteiger partial charge in [0.25, 0.3) is 0 Å². The molecule has 1 aliphatic rings. The highest BCUT2D eigenvalue weighted by molar-refractivity contribution is 5.76. The third-order valence-electron chi connectivity index (χ3n) is 5.74. The summed E-state index contributed by atoms with van der Waals surface area (Å²) in [6, 6.07) is 16.1. The van der Waals surface area contributed by atoms with Crippen molar-refractivity contribution in [1.82, 2.24) is 15.1 Å². The second-order valence-corrected chi connectivity index (χ2v) is 8.48. The molecule has 0 saturated carbocycles. The number of hydrogen-bond acceptors (Lipinski definition) is 4. The molecule has 2 heterocycles. The van der Waals surface area contributed by atoms with E-state index >= 15 is 0 Å². The van der Waals surface area contributed by atoms with Crippen molar-refractivity contribution in [3.63, 3.8) is 0 Å². The molecule has 0 radical (unpaired) electrons. The summed E-state index contributed by atoms with van der Waals surface area (Å²) in [5.74, 6) is 1.43. The lowest BCUT2D eigenvalue weighted by atomic mass is 10.1.